The van der Waals surface area contributed by atoms with Crippen molar-refractivity contribution in [3.8, 4) is 0 Å². The summed E-state index contributed by atoms with van der Waals surface area (Å²) in [5, 5.41) is 1.05. The Morgan fingerprint density at radius 2 is 1.93 bits per heavy atom. The van der Waals surface area contributed by atoms with Crippen LogP contribution in [-0.2, 0) is 11.3 Å². The third kappa shape index (κ3) is 3.42. The molecule has 0 bridgehead atoms. The number of aryl methyl sites for hydroxylation is 1. The minimum atomic E-state index is -0.164. The number of benzene rings is 1. The van der Waals surface area contributed by atoms with Gasteiger partial charge in [0.05, 0.1) is 21.7 Å². The van der Waals surface area contributed by atoms with Crippen LogP contribution in [0.15, 0.2) is 46.6 Å². The molecule has 2 aliphatic heterocycles. The van der Waals surface area contributed by atoms with Gasteiger partial charge in [0.15, 0.2) is 0 Å². The Morgan fingerprint density at radius 1 is 1.21 bits per heavy atom. The van der Waals surface area contributed by atoms with Gasteiger partial charge in [-0.1, -0.05) is 48.3 Å². The van der Waals surface area contributed by atoms with E-state index in [0.717, 1.165) is 42.5 Å². The van der Waals surface area contributed by atoms with Gasteiger partial charge in [0, 0.05) is 31.6 Å². The third-order valence-electron chi connectivity index (χ3n) is 5.38. The summed E-state index contributed by atoms with van der Waals surface area (Å²) < 4.78 is 2.28. The standard InChI is InChI=1S/C22H23N3O2S2/c1-3-11-25-21(27)18(29-22(25)28)14-16-19(23-12-7-8-13-23)15-9-5-6-10-17(15)24(4-2)20(16)26/h3,5-6,9-10,14H,1,4,7-8,11-13H2,2H3. The molecule has 29 heavy (non-hydrogen) atoms. The van der Waals surface area contributed by atoms with E-state index in [9.17, 15) is 9.59 Å². The van der Waals surface area contributed by atoms with Crippen molar-refractivity contribution in [2.45, 2.75) is 26.3 Å². The molecule has 0 spiro atoms. The lowest BCUT2D eigenvalue weighted by molar-refractivity contribution is -0.121. The van der Waals surface area contributed by atoms with E-state index in [1.165, 1.54) is 16.7 Å². The highest BCUT2D eigenvalue weighted by Gasteiger charge is 2.32. The highest BCUT2D eigenvalue weighted by molar-refractivity contribution is 8.26. The summed E-state index contributed by atoms with van der Waals surface area (Å²) in [7, 11) is 0. The highest BCUT2D eigenvalue weighted by Crippen LogP contribution is 2.36. The van der Waals surface area contributed by atoms with Gasteiger partial charge < -0.3 is 9.47 Å². The Bertz CT molecular complexity index is 1100. The van der Waals surface area contributed by atoms with Crippen molar-refractivity contribution < 1.29 is 4.79 Å². The summed E-state index contributed by atoms with van der Waals surface area (Å²) in [5.41, 5.74) is 2.37. The molecule has 150 valence electrons. The molecule has 0 saturated carbocycles. The van der Waals surface area contributed by atoms with Gasteiger partial charge in [0.2, 0.25) is 0 Å². The SMILES string of the molecule is C=CCN1C(=O)C(=Cc2c(N3CCCC3)c3ccccc3n(CC)c2=O)SC1=S. The Labute approximate surface area is 179 Å². The monoisotopic (exact) mass is 425 g/mol. The van der Waals surface area contributed by atoms with Crippen molar-refractivity contribution in [2.24, 2.45) is 0 Å². The summed E-state index contributed by atoms with van der Waals surface area (Å²) >= 11 is 6.61. The summed E-state index contributed by atoms with van der Waals surface area (Å²) in [6, 6.07) is 8.02. The Morgan fingerprint density at radius 3 is 2.62 bits per heavy atom. The van der Waals surface area contributed by atoms with Crippen molar-refractivity contribution >= 4 is 56.9 Å². The van der Waals surface area contributed by atoms with Gasteiger partial charge in [0.25, 0.3) is 11.5 Å². The van der Waals surface area contributed by atoms with Crippen molar-refractivity contribution in [1.82, 2.24) is 9.47 Å². The first kappa shape index (κ1) is 19.9. The van der Waals surface area contributed by atoms with Gasteiger partial charge in [-0.05, 0) is 31.9 Å². The van der Waals surface area contributed by atoms with E-state index >= 15 is 0 Å². The average molecular weight is 426 g/mol. The molecule has 2 aromatic rings. The second-order valence-corrected chi connectivity index (χ2v) is 8.78. The van der Waals surface area contributed by atoms with Crippen LogP contribution < -0.4 is 10.5 Å². The predicted molar refractivity (Wildman–Crippen MR) is 125 cm³/mol. The zero-order valence-corrected chi connectivity index (χ0v) is 18.0. The van der Waals surface area contributed by atoms with Crippen molar-refractivity contribution in [2.75, 3.05) is 24.5 Å². The number of nitrogens with zero attached hydrogens (tertiary/aromatic N) is 3. The van der Waals surface area contributed by atoms with Gasteiger partial charge in [0.1, 0.15) is 4.32 Å². The number of anilines is 1. The van der Waals surface area contributed by atoms with Gasteiger partial charge in [-0.3, -0.25) is 14.5 Å². The topological polar surface area (TPSA) is 45.6 Å². The summed E-state index contributed by atoms with van der Waals surface area (Å²) in [6.45, 7) is 8.44. The molecule has 3 heterocycles. The molecule has 0 atom stereocenters. The molecule has 2 aliphatic rings. The highest BCUT2D eigenvalue weighted by atomic mass is 32.2. The Balaban J connectivity index is 1.96. The fraction of sp³-hybridized carbons (Fsp3) is 0.318. The van der Waals surface area contributed by atoms with Crippen LogP contribution in [-0.4, -0.2) is 39.3 Å². The van der Waals surface area contributed by atoms with Crippen LogP contribution >= 0.6 is 24.0 Å². The molecule has 4 rings (SSSR count). The van der Waals surface area contributed by atoms with Gasteiger partial charge in [-0.25, -0.2) is 0 Å². The number of para-hydroxylation sites is 1. The van der Waals surface area contributed by atoms with E-state index in [2.05, 4.69) is 17.5 Å². The summed E-state index contributed by atoms with van der Waals surface area (Å²) in [6.07, 6.45) is 5.61. The van der Waals surface area contributed by atoms with Crippen molar-refractivity contribution in [3.63, 3.8) is 0 Å². The number of carbonyl (C=O) groups is 1. The van der Waals surface area contributed by atoms with E-state index in [0.29, 0.717) is 27.9 Å². The lowest BCUT2D eigenvalue weighted by Gasteiger charge is -2.24. The first-order valence-corrected chi connectivity index (χ1v) is 11.1. The normalized spacial score (nSPS) is 18.4. The maximum atomic E-state index is 13.5. The minimum Gasteiger partial charge on any atom is -0.370 e. The first-order chi connectivity index (χ1) is 14.1. The lowest BCUT2D eigenvalue weighted by atomic mass is 10.1. The van der Waals surface area contributed by atoms with Crippen LogP contribution in [0.4, 0.5) is 5.69 Å². The zero-order chi connectivity index (χ0) is 20.5. The Hall–Kier alpha value is -2.38. The average Bonchev–Trinajstić information content (AvgIpc) is 3.33. The largest absolute Gasteiger partial charge is 0.370 e. The van der Waals surface area contributed by atoms with Crippen LogP contribution in [0.3, 0.4) is 0 Å². The van der Waals surface area contributed by atoms with Crippen molar-refractivity contribution in [1.29, 1.82) is 0 Å². The van der Waals surface area contributed by atoms with Crippen LogP contribution in [0.1, 0.15) is 25.3 Å². The maximum absolute atomic E-state index is 13.5. The number of pyridine rings is 1. The van der Waals surface area contributed by atoms with Gasteiger partial charge >= 0.3 is 0 Å². The van der Waals surface area contributed by atoms with E-state index in [1.807, 2.05) is 25.1 Å². The lowest BCUT2D eigenvalue weighted by Crippen LogP contribution is -2.29. The van der Waals surface area contributed by atoms with Crippen LogP contribution in [0, 0.1) is 0 Å². The van der Waals surface area contributed by atoms with Crippen LogP contribution in [0.25, 0.3) is 17.0 Å². The number of carbonyl (C=O) groups excluding carboxylic acids is 1. The molecule has 5 nitrogen and oxygen atoms in total. The minimum absolute atomic E-state index is 0.0675. The number of rotatable bonds is 5. The first-order valence-electron chi connectivity index (χ1n) is 9.83. The molecule has 2 saturated heterocycles. The van der Waals surface area contributed by atoms with E-state index in [4.69, 9.17) is 12.2 Å². The fourth-order valence-corrected chi connectivity index (χ4v) is 5.31. The molecule has 7 heteroatoms. The molecular formula is C22H23N3O2S2. The molecule has 1 aromatic carbocycles. The maximum Gasteiger partial charge on any atom is 0.266 e. The Kier molecular flexibility index (Phi) is 5.61. The smallest absolute Gasteiger partial charge is 0.266 e. The number of amides is 1. The predicted octanol–water partition coefficient (Wildman–Crippen LogP) is 4.01. The third-order valence-corrected chi connectivity index (χ3v) is 6.76. The van der Waals surface area contributed by atoms with Gasteiger partial charge in [-0.2, -0.15) is 0 Å². The molecule has 0 radical (unpaired) electrons. The second kappa shape index (κ2) is 8.16. The summed E-state index contributed by atoms with van der Waals surface area (Å²) in [5.74, 6) is -0.164. The number of fused-ring (bicyclic) bond motifs is 1. The molecule has 0 unspecified atom stereocenters. The number of hydrogen-bond donors (Lipinski definition) is 0. The molecule has 0 aliphatic carbocycles. The number of thioether (sulfide) groups is 1. The molecule has 1 amide bonds. The molecule has 1 aromatic heterocycles. The fourth-order valence-electron chi connectivity index (χ4n) is 4.05. The second-order valence-electron chi connectivity index (χ2n) is 7.10. The number of hydrogen-bond acceptors (Lipinski definition) is 5. The number of aromatic nitrogens is 1. The molecular weight excluding hydrogens is 402 g/mol. The van der Waals surface area contributed by atoms with Crippen molar-refractivity contribution in [3.05, 3.63) is 57.7 Å². The quantitative estimate of drug-likeness (QED) is 0.412. The van der Waals surface area contributed by atoms with E-state index < -0.39 is 0 Å². The van der Waals surface area contributed by atoms with Gasteiger partial charge in [-0.15, -0.1) is 6.58 Å². The number of thiocarbonyl (C=S) groups is 1. The van der Waals surface area contributed by atoms with E-state index in [-0.39, 0.29) is 11.5 Å². The summed E-state index contributed by atoms with van der Waals surface area (Å²) in [4.78, 5) is 30.6. The van der Waals surface area contributed by atoms with Crippen LogP contribution in [0.2, 0.25) is 0 Å². The van der Waals surface area contributed by atoms with E-state index in [1.54, 1.807) is 16.7 Å². The zero-order valence-electron chi connectivity index (χ0n) is 16.4. The molecule has 2 fully saturated rings. The molecule has 0 N–H and O–H groups in total. The van der Waals surface area contributed by atoms with Crippen LogP contribution in [0.5, 0.6) is 0 Å².